The fourth-order valence-corrected chi connectivity index (χ4v) is 2.99. The topological polar surface area (TPSA) is 78.7 Å². The molecule has 7 nitrogen and oxygen atoms in total. The van der Waals surface area contributed by atoms with Crippen LogP contribution in [-0.4, -0.2) is 60.6 Å². The highest BCUT2D eigenvalue weighted by Crippen LogP contribution is 2.27. The molecule has 1 amide bonds. The SMILES string of the molecule is COc1cc(C#N)ccc1OCC(=O)N1CCN(Cc2cccnc2)CC1. The molecule has 0 unspecified atom stereocenters. The van der Waals surface area contributed by atoms with E-state index in [2.05, 4.69) is 16.0 Å². The molecule has 1 saturated heterocycles. The number of piperazine rings is 1. The maximum absolute atomic E-state index is 12.4. The van der Waals surface area contributed by atoms with Crippen molar-refractivity contribution in [2.75, 3.05) is 39.9 Å². The largest absolute Gasteiger partial charge is 0.493 e. The van der Waals surface area contributed by atoms with Crippen molar-refractivity contribution in [3.63, 3.8) is 0 Å². The number of nitrogens with zero attached hydrogens (tertiary/aromatic N) is 4. The van der Waals surface area contributed by atoms with Gasteiger partial charge in [0, 0.05) is 51.2 Å². The zero-order chi connectivity index (χ0) is 19.1. The Morgan fingerprint density at radius 2 is 2.04 bits per heavy atom. The van der Waals surface area contributed by atoms with Gasteiger partial charge in [0.1, 0.15) is 0 Å². The predicted molar refractivity (Wildman–Crippen MR) is 99.3 cm³/mol. The van der Waals surface area contributed by atoms with Crippen molar-refractivity contribution < 1.29 is 14.3 Å². The molecular formula is C20H22N4O3. The summed E-state index contributed by atoms with van der Waals surface area (Å²) in [5, 5.41) is 8.94. The number of carbonyl (C=O) groups excluding carboxylic acids is 1. The van der Waals surface area contributed by atoms with Crippen LogP contribution in [0.5, 0.6) is 11.5 Å². The molecular weight excluding hydrogens is 344 g/mol. The van der Waals surface area contributed by atoms with Gasteiger partial charge in [-0.2, -0.15) is 5.26 Å². The lowest BCUT2D eigenvalue weighted by atomic mass is 10.2. The summed E-state index contributed by atoms with van der Waals surface area (Å²) in [7, 11) is 1.51. The predicted octanol–water partition coefficient (Wildman–Crippen LogP) is 1.69. The average Bonchev–Trinajstić information content (AvgIpc) is 2.73. The number of hydrogen-bond donors (Lipinski definition) is 0. The highest BCUT2D eigenvalue weighted by molar-refractivity contribution is 5.78. The molecule has 1 aromatic heterocycles. The summed E-state index contributed by atoms with van der Waals surface area (Å²) in [6, 6.07) is 10.9. The van der Waals surface area contributed by atoms with E-state index in [-0.39, 0.29) is 12.5 Å². The van der Waals surface area contributed by atoms with Crippen LogP contribution in [0, 0.1) is 11.3 Å². The van der Waals surface area contributed by atoms with Crippen LogP contribution in [0.25, 0.3) is 0 Å². The first kappa shape index (κ1) is 18.7. The quantitative estimate of drug-likeness (QED) is 0.774. The number of nitriles is 1. The first-order valence-electron chi connectivity index (χ1n) is 8.79. The lowest BCUT2D eigenvalue weighted by Crippen LogP contribution is -2.49. The van der Waals surface area contributed by atoms with E-state index in [1.165, 1.54) is 12.7 Å². The highest BCUT2D eigenvalue weighted by atomic mass is 16.5. The second-order valence-electron chi connectivity index (χ2n) is 6.28. The molecule has 1 fully saturated rings. The normalized spacial score (nSPS) is 14.4. The van der Waals surface area contributed by atoms with E-state index >= 15 is 0 Å². The van der Waals surface area contributed by atoms with E-state index < -0.39 is 0 Å². The van der Waals surface area contributed by atoms with Crippen LogP contribution in [0.15, 0.2) is 42.7 Å². The molecule has 0 spiro atoms. The van der Waals surface area contributed by atoms with E-state index in [9.17, 15) is 4.79 Å². The van der Waals surface area contributed by atoms with Gasteiger partial charge in [-0.05, 0) is 23.8 Å². The zero-order valence-electron chi connectivity index (χ0n) is 15.3. The summed E-state index contributed by atoms with van der Waals surface area (Å²) in [6.45, 7) is 3.78. The molecule has 1 aliphatic heterocycles. The standard InChI is InChI=1S/C20H22N4O3/c1-26-19-11-16(12-21)4-5-18(19)27-15-20(25)24-9-7-23(8-10-24)14-17-3-2-6-22-13-17/h2-6,11,13H,7-10,14-15H2,1H3. The molecule has 0 N–H and O–H groups in total. The molecule has 0 saturated carbocycles. The minimum Gasteiger partial charge on any atom is -0.493 e. The molecule has 140 valence electrons. The molecule has 0 aliphatic carbocycles. The van der Waals surface area contributed by atoms with Crippen molar-refractivity contribution in [1.82, 2.24) is 14.8 Å². The summed E-state index contributed by atoms with van der Waals surface area (Å²) < 4.78 is 10.8. The van der Waals surface area contributed by atoms with Gasteiger partial charge in [-0.1, -0.05) is 6.07 Å². The van der Waals surface area contributed by atoms with Crippen molar-refractivity contribution >= 4 is 5.91 Å². The third-order valence-corrected chi connectivity index (χ3v) is 4.50. The fraction of sp³-hybridized carbons (Fsp3) is 0.350. The van der Waals surface area contributed by atoms with Gasteiger partial charge in [0.15, 0.2) is 18.1 Å². The summed E-state index contributed by atoms with van der Waals surface area (Å²) in [4.78, 5) is 20.7. The summed E-state index contributed by atoms with van der Waals surface area (Å²) in [5.74, 6) is 0.852. The monoisotopic (exact) mass is 366 g/mol. The van der Waals surface area contributed by atoms with Gasteiger partial charge in [0.05, 0.1) is 18.7 Å². The zero-order valence-corrected chi connectivity index (χ0v) is 15.3. The molecule has 2 heterocycles. The van der Waals surface area contributed by atoms with E-state index in [1.54, 1.807) is 24.4 Å². The Bertz CT molecular complexity index is 812. The van der Waals surface area contributed by atoms with Crippen LogP contribution in [0.1, 0.15) is 11.1 Å². The minimum absolute atomic E-state index is 0.0507. The van der Waals surface area contributed by atoms with Crippen LogP contribution in [0.4, 0.5) is 0 Å². The van der Waals surface area contributed by atoms with Gasteiger partial charge in [-0.25, -0.2) is 0 Å². The lowest BCUT2D eigenvalue weighted by Gasteiger charge is -2.34. The Labute approximate surface area is 158 Å². The molecule has 7 heteroatoms. The van der Waals surface area contributed by atoms with Crippen molar-refractivity contribution in [3.05, 3.63) is 53.9 Å². The smallest absolute Gasteiger partial charge is 0.260 e. The Hall–Kier alpha value is -3.11. The third kappa shape index (κ3) is 4.96. The fourth-order valence-electron chi connectivity index (χ4n) is 2.99. The molecule has 0 atom stereocenters. The van der Waals surface area contributed by atoms with Gasteiger partial charge in [0.25, 0.3) is 5.91 Å². The number of pyridine rings is 1. The van der Waals surface area contributed by atoms with Crippen LogP contribution in [0.2, 0.25) is 0 Å². The lowest BCUT2D eigenvalue weighted by molar-refractivity contribution is -0.135. The number of methoxy groups -OCH3 is 1. The molecule has 3 rings (SSSR count). The summed E-state index contributed by atoms with van der Waals surface area (Å²) in [6.07, 6.45) is 3.64. The van der Waals surface area contributed by atoms with Crippen molar-refractivity contribution in [2.24, 2.45) is 0 Å². The van der Waals surface area contributed by atoms with Gasteiger partial charge in [-0.15, -0.1) is 0 Å². The molecule has 27 heavy (non-hydrogen) atoms. The molecule has 2 aromatic rings. The number of rotatable bonds is 6. The number of aromatic nitrogens is 1. The van der Waals surface area contributed by atoms with E-state index in [0.29, 0.717) is 30.2 Å². The molecule has 0 radical (unpaired) electrons. The summed E-state index contributed by atoms with van der Waals surface area (Å²) in [5.41, 5.74) is 1.66. The first-order chi connectivity index (χ1) is 13.2. The maximum atomic E-state index is 12.4. The van der Waals surface area contributed by atoms with E-state index in [4.69, 9.17) is 14.7 Å². The average molecular weight is 366 g/mol. The number of amides is 1. The number of ether oxygens (including phenoxy) is 2. The molecule has 0 bridgehead atoms. The summed E-state index contributed by atoms with van der Waals surface area (Å²) >= 11 is 0. The molecule has 1 aliphatic rings. The third-order valence-electron chi connectivity index (χ3n) is 4.50. The second kappa shape index (κ2) is 9.01. The Balaban J connectivity index is 1.48. The minimum atomic E-state index is -0.0533. The van der Waals surface area contributed by atoms with Gasteiger partial charge >= 0.3 is 0 Å². The Morgan fingerprint density at radius 1 is 1.22 bits per heavy atom. The van der Waals surface area contributed by atoms with E-state index in [1.807, 2.05) is 23.2 Å². The van der Waals surface area contributed by atoms with Crippen LogP contribution in [0.3, 0.4) is 0 Å². The van der Waals surface area contributed by atoms with Crippen molar-refractivity contribution in [3.8, 4) is 17.6 Å². The van der Waals surface area contributed by atoms with Gasteiger partial charge in [0.2, 0.25) is 0 Å². The Morgan fingerprint density at radius 3 is 2.70 bits per heavy atom. The van der Waals surface area contributed by atoms with Crippen molar-refractivity contribution in [1.29, 1.82) is 5.26 Å². The van der Waals surface area contributed by atoms with Crippen LogP contribution >= 0.6 is 0 Å². The van der Waals surface area contributed by atoms with Crippen LogP contribution in [-0.2, 0) is 11.3 Å². The number of carbonyl (C=O) groups is 1. The van der Waals surface area contributed by atoms with Crippen molar-refractivity contribution in [2.45, 2.75) is 6.54 Å². The van der Waals surface area contributed by atoms with Crippen LogP contribution < -0.4 is 9.47 Å². The first-order valence-corrected chi connectivity index (χ1v) is 8.79. The van der Waals surface area contributed by atoms with Gasteiger partial charge in [-0.3, -0.25) is 14.7 Å². The highest BCUT2D eigenvalue weighted by Gasteiger charge is 2.22. The van der Waals surface area contributed by atoms with Gasteiger partial charge < -0.3 is 14.4 Å². The second-order valence-corrected chi connectivity index (χ2v) is 6.28. The number of hydrogen-bond acceptors (Lipinski definition) is 6. The maximum Gasteiger partial charge on any atom is 0.260 e. The number of benzene rings is 1. The Kier molecular flexibility index (Phi) is 6.23. The molecule has 1 aromatic carbocycles. The van der Waals surface area contributed by atoms with E-state index in [0.717, 1.165) is 19.6 Å².